The van der Waals surface area contributed by atoms with Crippen LogP contribution in [-0.2, 0) is 0 Å². The molecule has 0 spiro atoms. The Balaban J connectivity index is 2.04. The normalized spacial score (nSPS) is 64.7. The molecule has 0 aromatic carbocycles. The predicted molar refractivity (Wildman–Crippen MR) is 55.7 cm³/mol. The van der Waals surface area contributed by atoms with Crippen molar-refractivity contribution in [2.24, 2.45) is 22.5 Å². The summed E-state index contributed by atoms with van der Waals surface area (Å²) in [4.78, 5) is 0. The molecule has 0 aromatic rings. The van der Waals surface area contributed by atoms with Crippen LogP contribution in [0.25, 0.3) is 0 Å². The Morgan fingerprint density at radius 2 is 2.21 bits per heavy atom. The van der Waals surface area contributed by atoms with Crippen LogP contribution < -0.4 is 5.73 Å². The van der Waals surface area contributed by atoms with E-state index in [0.29, 0.717) is 18.8 Å². The zero-order chi connectivity index (χ0) is 12.5. The van der Waals surface area contributed by atoms with E-state index in [1.165, 1.54) is 0 Å². The minimum Gasteiger partial charge on any atom is -0.396 e. The highest BCUT2D eigenvalue weighted by molar-refractivity contribution is 5.14. The van der Waals surface area contributed by atoms with Gasteiger partial charge in [-0.3, -0.25) is 0 Å². The summed E-state index contributed by atoms with van der Waals surface area (Å²) < 4.78 is 23.6. The van der Waals surface area contributed by atoms with E-state index < -0.39 is 12.3 Å². The molecule has 0 aromatic heterocycles. The minimum atomic E-state index is -1.93. The second kappa shape index (κ2) is 2.35. The highest BCUT2D eigenvalue weighted by Gasteiger charge is 2.60. The van der Waals surface area contributed by atoms with Crippen molar-refractivity contribution in [3.05, 3.63) is 0 Å². The fourth-order valence-corrected chi connectivity index (χ4v) is 4.89. The van der Waals surface area contributed by atoms with Crippen LogP contribution in [0.1, 0.15) is 49.5 Å². The molecular weight excluding hydrogens is 174 g/mol. The lowest BCUT2D eigenvalue weighted by Crippen LogP contribution is -2.64. The van der Waals surface area contributed by atoms with Crippen LogP contribution in [-0.4, -0.2) is 17.3 Å². The molecule has 4 rings (SSSR count). The average molecular weight is 198 g/mol. The average Bonchev–Trinajstić information content (AvgIpc) is 2.12. The smallest absolute Gasteiger partial charge is 0.0488 e. The van der Waals surface area contributed by atoms with Gasteiger partial charge in [0.05, 0.1) is 0 Å². The number of nitrogens with two attached hydrogens (primary N) is 1. The maximum atomic E-state index is 9.69. The lowest BCUT2D eigenvalue weighted by Gasteiger charge is -2.64. The molecule has 0 aliphatic heterocycles. The molecule has 4 fully saturated rings. The van der Waals surface area contributed by atoms with Crippen molar-refractivity contribution in [3.63, 3.8) is 0 Å². The van der Waals surface area contributed by atoms with Gasteiger partial charge >= 0.3 is 0 Å². The summed E-state index contributed by atoms with van der Waals surface area (Å²) in [6, 6.07) is 0. The predicted octanol–water partition coefficient (Wildman–Crippen LogP) is 1.67. The summed E-state index contributed by atoms with van der Waals surface area (Å²) in [5, 5.41) is 9.69. The second-order valence-corrected chi connectivity index (χ2v) is 6.31. The van der Waals surface area contributed by atoms with E-state index in [4.69, 9.17) is 9.85 Å². The maximum Gasteiger partial charge on any atom is 0.0488 e. The van der Waals surface area contributed by atoms with Crippen LogP contribution in [0.3, 0.4) is 0 Å². The molecule has 0 saturated heterocycles. The summed E-state index contributed by atoms with van der Waals surface area (Å²) in [6.45, 7) is -1.84. The summed E-state index contributed by atoms with van der Waals surface area (Å²) in [6.07, 6.45) is 4.78. The number of hydrogen-bond acceptors (Lipinski definition) is 2. The lowest BCUT2D eigenvalue weighted by molar-refractivity contribution is -0.132. The molecule has 80 valence electrons. The van der Waals surface area contributed by atoms with Crippen molar-refractivity contribution in [3.8, 4) is 0 Å². The van der Waals surface area contributed by atoms with Crippen molar-refractivity contribution in [1.29, 1.82) is 0 Å². The fraction of sp³-hybridized carbons (Fsp3) is 1.00. The Hall–Kier alpha value is -0.0800. The first-order chi connectivity index (χ1) is 7.72. The molecule has 4 unspecified atom stereocenters. The van der Waals surface area contributed by atoms with Gasteiger partial charge < -0.3 is 10.8 Å². The Labute approximate surface area is 90.1 Å². The van der Waals surface area contributed by atoms with Crippen LogP contribution in [0.5, 0.6) is 0 Å². The molecule has 2 nitrogen and oxygen atoms in total. The topological polar surface area (TPSA) is 46.2 Å². The SMILES string of the molecule is [2H]C([2H])([2H])C12CC3CC(N)(CC(CO)(C3)C1)C2. The summed E-state index contributed by atoms with van der Waals surface area (Å²) in [7, 11) is 0. The van der Waals surface area contributed by atoms with Crippen LogP contribution >= 0.6 is 0 Å². The lowest BCUT2D eigenvalue weighted by atomic mass is 9.42. The molecule has 4 aliphatic rings. The third-order valence-corrected chi connectivity index (χ3v) is 4.56. The van der Waals surface area contributed by atoms with Gasteiger partial charge in [0.15, 0.2) is 0 Å². The Morgan fingerprint density at radius 1 is 1.36 bits per heavy atom. The van der Waals surface area contributed by atoms with Crippen LogP contribution in [0, 0.1) is 16.7 Å². The zero-order valence-electron chi connectivity index (χ0n) is 11.6. The van der Waals surface area contributed by atoms with Crippen LogP contribution in [0.2, 0.25) is 0 Å². The molecule has 4 atom stereocenters. The highest BCUT2D eigenvalue weighted by Crippen LogP contribution is 2.65. The van der Waals surface area contributed by atoms with Crippen molar-refractivity contribution >= 4 is 0 Å². The summed E-state index contributed by atoms with van der Waals surface area (Å²) >= 11 is 0. The Morgan fingerprint density at radius 3 is 2.86 bits per heavy atom. The van der Waals surface area contributed by atoms with Crippen molar-refractivity contribution in [2.45, 2.75) is 50.9 Å². The zero-order valence-corrected chi connectivity index (χ0v) is 8.55. The Kier molecular flexibility index (Phi) is 1.09. The van der Waals surface area contributed by atoms with Gasteiger partial charge in [-0.1, -0.05) is 6.85 Å². The number of aliphatic hydroxyl groups is 1. The fourth-order valence-electron chi connectivity index (χ4n) is 4.89. The minimum absolute atomic E-state index is 0.0975. The van der Waals surface area contributed by atoms with Crippen LogP contribution in [0.4, 0.5) is 0 Å². The van der Waals surface area contributed by atoms with Gasteiger partial charge in [-0.05, 0) is 55.3 Å². The van der Waals surface area contributed by atoms with Gasteiger partial charge in [-0.15, -0.1) is 0 Å². The van der Waals surface area contributed by atoms with Crippen molar-refractivity contribution < 1.29 is 9.22 Å². The van der Waals surface area contributed by atoms with E-state index in [-0.39, 0.29) is 17.6 Å². The quantitative estimate of drug-likeness (QED) is 0.673. The first kappa shape index (κ1) is 6.49. The molecule has 0 radical (unpaired) electrons. The first-order valence-corrected chi connectivity index (χ1v) is 5.62. The highest BCUT2D eigenvalue weighted by atomic mass is 16.3. The molecule has 4 saturated carbocycles. The molecule has 4 bridgehead atoms. The molecule has 14 heavy (non-hydrogen) atoms. The standard InChI is InChI=1S/C12H21NO/c1-10-2-9-3-11(5-10,8-14)7-12(13,4-9)6-10/h9,14H,2-8,13H2,1H3/i1D3. The first-order valence-electron chi connectivity index (χ1n) is 7.12. The van der Waals surface area contributed by atoms with Gasteiger partial charge in [0.25, 0.3) is 0 Å². The molecule has 0 heterocycles. The van der Waals surface area contributed by atoms with E-state index in [9.17, 15) is 5.11 Å². The Bertz CT molecular complexity index is 358. The number of aliphatic hydroxyl groups excluding tert-OH is 1. The van der Waals surface area contributed by atoms with Crippen molar-refractivity contribution in [1.82, 2.24) is 0 Å². The number of hydrogen-bond donors (Lipinski definition) is 2. The third-order valence-electron chi connectivity index (χ3n) is 4.56. The molecule has 4 aliphatic carbocycles. The maximum absolute atomic E-state index is 9.69. The molecule has 3 N–H and O–H groups in total. The molecule has 0 amide bonds. The van der Waals surface area contributed by atoms with E-state index in [0.717, 1.165) is 25.7 Å². The monoisotopic (exact) mass is 198 g/mol. The van der Waals surface area contributed by atoms with E-state index in [1.807, 2.05) is 0 Å². The van der Waals surface area contributed by atoms with Gasteiger partial charge in [-0.2, -0.15) is 0 Å². The molecule has 2 heteroatoms. The van der Waals surface area contributed by atoms with E-state index in [1.54, 1.807) is 0 Å². The summed E-state index contributed by atoms with van der Waals surface area (Å²) in [5.41, 5.74) is 5.24. The van der Waals surface area contributed by atoms with Gasteiger partial charge in [0.2, 0.25) is 0 Å². The third kappa shape index (κ3) is 1.10. The van der Waals surface area contributed by atoms with Crippen molar-refractivity contribution in [2.75, 3.05) is 6.61 Å². The molecular formula is C12H21NO. The number of rotatable bonds is 1. The second-order valence-electron chi connectivity index (χ2n) is 6.31. The van der Waals surface area contributed by atoms with Gasteiger partial charge in [-0.25, -0.2) is 0 Å². The van der Waals surface area contributed by atoms with Gasteiger partial charge in [0, 0.05) is 16.3 Å². The summed E-state index contributed by atoms with van der Waals surface area (Å²) in [5.74, 6) is 0.406. The van der Waals surface area contributed by atoms with Gasteiger partial charge in [0.1, 0.15) is 0 Å². The largest absolute Gasteiger partial charge is 0.396 e. The van der Waals surface area contributed by atoms with E-state index in [2.05, 4.69) is 0 Å². The van der Waals surface area contributed by atoms with E-state index >= 15 is 0 Å². The van der Waals surface area contributed by atoms with Crippen LogP contribution in [0.15, 0.2) is 0 Å².